The third-order valence-electron chi connectivity index (χ3n) is 3.38. The van der Waals surface area contributed by atoms with Gasteiger partial charge in [-0.1, -0.05) is 62.4 Å². The highest BCUT2D eigenvalue weighted by molar-refractivity contribution is 5.94. The van der Waals surface area contributed by atoms with E-state index >= 15 is 0 Å². The molecular formula is C16H16. The normalized spacial score (nSPS) is 17.4. The van der Waals surface area contributed by atoms with Crippen molar-refractivity contribution in [3.63, 3.8) is 0 Å². The Labute approximate surface area is 96.6 Å². The van der Waals surface area contributed by atoms with Crippen LogP contribution >= 0.6 is 0 Å². The molecule has 1 aliphatic rings. The summed E-state index contributed by atoms with van der Waals surface area (Å²) in [5.41, 5.74) is 3.09. The third-order valence-corrected chi connectivity index (χ3v) is 3.38. The summed E-state index contributed by atoms with van der Waals surface area (Å²) < 4.78 is 0. The molecule has 2 aromatic rings. The predicted molar refractivity (Wildman–Crippen MR) is 70.5 cm³/mol. The van der Waals surface area contributed by atoms with Gasteiger partial charge in [0, 0.05) is 0 Å². The van der Waals surface area contributed by atoms with Crippen LogP contribution in [0.5, 0.6) is 0 Å². The molecule has 0 radical (unpaired) electrons. The van der Waals surface area contributed by atoms with Crippen molar-refractivity contribution in [1.82, 2.24) is 0 Å². The first kappa shape index (κ1) is 9.65. The molecule has 0 bridgehead atoms. The molecule has 2 aromatic carbocycles. The highest BCUT2D eigenvalue weighted by Gasteiger charge is 2.19. The summed E-state index contributed by atoms with van der Waals surface area (Å²) >= 11 is 0. The Morgan fingerprint density at radius 2 is 1.75 bits per heavy atom. The molecule has 0 atom stereocenters. The summed E-state index contributed by atoms with van der Waals surface area (Å²) in [5, 5.41) is 2.80. The lowest BCUT2D eigenvalue weighted by molar-refractivity contribution is 0.483. The topological polar surface area (TPSA) is 0 Å². The molecule has 0 saturated heterocycles. The number of hydrogen-bond donors (Lipinski definition) is 0. The lowest BCUT2D eigenvalue weighted by Crippen LogP contribution is -2.10. The van der Waals surface area contributed by atoms with Gasteiger partial charge in [-0.3, -0.25) is 0 Å². The average molecular weight is 208 g/mol. The molecule has 80 valence electrons. The van der Waals surface area contributed by atoms with Crippen LogP contribution in [-0.2, 0) is 6.42 Å². The Kier molecular flexibility index (Phi) is 1.94. The Morgan fingerprint density at radius 3 is 2.56 bits per heavy atom. The molecule has 1 aliphatic carbocycles. The van der Waals surface area contributed by atoms with Crippen LogP contribution < -0.4 is 0 Å². The van der Waals surface area contributed by atoms with Crippen LogP contribution in [0.25, 0.3) is 16.8 Å². The molecule has 0 saturated carbocycles. The molecule has 0 amide bonds. The summed E-state index contributed by atoms with van der Waals surface area (Å²) in [4.78, 5) is 0. The van der Waals surface area contributed by atoms with Crippen molar-refractivity contribution in [2.45, 2.75) is 20.3 Å². The van der Waals surface area contributed by atoms with E-state index in [0.29, 0.717) is 0 Å². The van der Waals surface area contributed by atoms with Gasteiger partial charge < -0.3 is 0 Å². The van der Waals surface area contributed by atoms with Gasteiger partial charge in [0.15, 0.2) is 0 Å². The molecule has 0 heterocycles. The van der Waals surface area contributed by atoms with Gasteiger partial charge in [0.25, 0.3) is 0 Å². The quantitative estimate of drug-likeness (QED) is 0.600. The van der Waals surface area contributed by atoms with Crippen LogP contribution in [0, 0.1) is 5.41 Å². The van der Waals surface area contributed by atoms with Crippen LogP contribution in [0.3, 0.4) is 0 Å². The number of allylic oxidation sites excluding steroid dienone is 1. The first-order chi connectivity index (χ1) is 7.66. The molecule has 3 rings (SSSR count). The van der Waals surface area contributed by atoms with E-state index in [-0.39, 0.29) is 5.41 Å². The maximum absolute atomic E-state index is 2.34. The van der Waals surface area contributed by atoms with Crippen LogP contribution in [0.4, 0.5) is 0 Å². The summed E-state index contributed by atoms with van der Waals surface area (Å²) in [6, 6.07) is 13.2. The second kappa shape index (κ2) is 3.21. The van der Waals surface area contributed by atoms with Gasteiger partial charge in [0.2, 0.25) is 0 Å². The molecular weight excluding hydrogens is 192 g/mol. The minimum Gasteiger partial charge on any atom is -0.0779 e. The Balaban J connectivity index is 2.39. The lowest BCUT2D eigenvalue weighted by atomic mass is 9.86. The lowest BCUT2D eigenvalue weighted by Gasteiger charge is -2.19. The van der Waals surface area contributed by atoms with Crippen molar-refractivity contribution in [1.29, 1.82) is 0 Å². The SMILES string of the molecule is CC1(C)C=Cc2cccc3cccc(c23)C1. The van der Waals surface area contributed by atoms with Gasteiger partial charge >= 0.3 is 0 Å². The van der Waals surface area contributed by atoms with E-state index in [2.05, 4.69) is 62.4 Å². The van der Waals surface area contributed by atoms with Crippen molar-refractivity contribution < 1.29 is 0 Å². The number of hydrogen-bond acceptors (Lipinski definition) is 0. The zero-order chi connectivity index (χ0) is 11.2. The van der Waals surface area contributed by atoms with E-state index in [1.807, 2.05) is 0 Å². The highest BCUT2D eigenvalue weighted by Crippen LogP contribution is 2.34. The van der Waals surface area contributed by atoms with Crippen molar-refractivity contribution in [2.24, 2.45) is 5.41 Å². The van der Waals surface area contributed by atoms with Crippen LogP contribution in [0.2, 0.25) is 0 Å². The standard InChI is InChI=1S/C16H16/c1-16(2)10-9-13-7-3-5-12-6-4-8-14(11-16)15(12)13/h3-10H,11H2,1-2H3. The average Bonchev–Trinajstić information content (AvgIpc) is 2.38. The molecule has 0 N–H and O–H groups in total. The minimum atomic E-state index is 0.257. The van der Waals surface area contributed by atoms with Crippen molar-refractivity contribution in [3.05, 3.63) is 53.6 Å². The van der Waals surface area contributed by atoms with E-state index in [4.69, 9.17) is 0 Å². The minimum absolute atomic E-state index is 0.257. The fourth-order valence-corrected chi connectivity index (χ4v) is 2.60. The largest absolute Gasteiger partial charge is 0.0779 e. The monoisotopic (exact) mass is 208 g/mol. The van der Waals surface area contributed by atoms with Gasteiger partial charge in [0.05, 0.1) is 0 Å². The van der Waals surface area contributed by atoms with E-state index in [1.165, 1.54) is 21.9 Å². The zero-order valence-electron chi connectivity index (χ0n) is 9.83. The maximum Gasteiger partial charge on any atom is -0.00791 e. The second-order valence-electron chi connectivity index (χ2n) is 5.36. The van der Waals surface area contributed by atoms with Crippen LogP contribution in [-0.4, -0.2) is 0 Å². The van der Waals surface area contributed by atoms with Gasteiger partial charge in [-0.2, -0.15) is 0 Å². The first-order valence-electron chi connectivity index (χ1n) is 5.86. The zero-order valence-corrected chi connectivity index (χ0v) is 9.83. The van der Waals surface area contributed by atoms with Crippen LogP contribution in [0.15, 0.2) is 42.5 Å². The second-order valence-corrected chi connectivity index (χ2v) is 5.36. The van der Waals surface area contributed by atoms with Crippen molar-refractivity contribution in [2.75, 3.05) is 0 Å². The predicted octanol–water partition coefficient (Wildman–Crippen LogP) is 4.44. The summed E-state index contributed by atoms with van der Waals surface area (Å²) in [6.07, 6.45) is 5.73. The van der Waals surface area contributed by atoms with E-state index in [9.17, 15) is 0 Å². The van der Waals surface area contributed by atoms with Gasteiger partial charge in [0.1, 0.15) is 0 Å². The van der Waals surface area contributed by atoms with Gasteiger partial charge in [-0.15, -0.1) is 0 Å². The molecule has 0 aromatic heterocycles. The van der Waals surface area contributed by atoms with Crippen LogP contribution in [0.1, 0.15) is 25.0 Å². The smallest absolute Gasteiger partial charge is 0.00791 e. The summed E-state index contributed by atoms with van der Waals surface area (Å²) in [7, 11) is 0. The fraction of sp³-hybridized carbons (Fsp3) is 0.250. The molecule has 16 heavy (non-hydrogen) atoms. The Hall–Kier alpha value is -1.56. The van der Waals surface area contributed by atoms with Gasteiger partial charge in [-0.25, -0.2) is 0 Å². The Bertz CT molecular complexity index is 568. The third kappa shape index (κ3) is 1.46. The molecule has 0 heteroatoms. The summed E-state index contributed by atoms with van der Waals surface area (Å²) in [5.74, 6) is 0. The molecule has 0 aliphatic heterocycles. The van der Waals surface area contributed by atoms with Gasteiger partial charge in [-0.05, 0) is 33.7 Å². The molecule has 0 nitrogen and oxygen atoms in total. The summed E-state index contributed by atoms with van der Waals surface area (Å²) in [6.45, 7) is 4.60. The highest BCUT2D eigenvalue weighted by atomic mass is 14.2. The molecule has 0 fully saturated rings. The van der Waals surface area contributed by atoms with Crippen molar-refractivity contribution >= 4 is 16.8 Å². The van der Waals surface area contributed by atoms with E-state index in [1.54, 1.807) is 0 Å². The fourth-order valence-electron chi connectivity index (χ4n) is 2.60. The first-order valence-corrected chi connectivity index (χ1v) is 5.86. The van der Waals surface area contributed by atoms with E-state index < -0.39 is 0 Å². The molecule has 0 spiro atoms. The maximum atomic E-state index is 2.34. The number of benzene rings is 2. The number of rotatable bonds is 0. The van der Waals surface area contributed by atoms with Crippen molar-refractivity contribution in [3.8, 4) is 0 Å². The Morgan fingerprint density at radius 1 is 1.00 bits per heavy atom. The van der Waals surface area contributed by atoms with E-state index in [0.717, 1.165) is 6.42 Å². The molecule has 0 unspecified atom stereocenters.